The van der Waals surface area contributed by atoms with Crippen LogP contribution in [0.4, 0.5) is 4.39 Å². The van der Waals surface area contributed by atoms with Crippen LogP contribution >= 0.6 is 11.8 Å². The molecule has 1 aromatic carbocycles. The number of carbonyl (C=O) groups is 1. The highest BCUT2D eigenvalue weighted by Crippen LogP contribution is 2.32. The molecule has 0 aliphatic heterocycles. The summed E-state index contributed by atoms with van der Waals surface area (Å²) in [5.74, 6) is -1.24. The number of carboxylic acids is 1. The lowest BCUT2D eigenvalue weighted by atomic mass is 10.2. The molecule has 3 nitrogen and oxygen atoms in total. The minimum absolute atomic E-state index is 0.0133. The van der Waals surface area contributed by atoms with Gasteiger partial charge in [0.2, 0.25) is 0 Å². The van der Waals surface area contributed by atoms with Crippen LogP contribution in [-0.4, -0.2) is 21.4 Å². The number of rotatable bonds is 6. The zero-order valence-corrected chi connectivity index (χ0v) is 10.3. The van der Waals surface area contributed by atoms with E-state index in [1.54, 1.807) is 0 Å². The summed E-state index contributed by atoms with van der Waals surface area (Å²) < 4.78 is 12.7. The Morgan fingerprint density at radius 1 is 1.41 bits per heavy atom. The standard InChI is InChI=1S/C12H15FO3S/c1-2-10(7-11(14)15)17-12(16)8-3-5-9(13)6-4-8/h3-6,10,12,16H,2,7H2,1H3,(H,14,15). The molecule has 0 saturated carbocycles. The molecule has 0 aliphatic rings. The van der Waals surface area contributed by atoms with Gasteiger partial charge in [-0.3, -0.25) is 4.79 Å². The second kappa shape index (κ2) is 6.61. The first-order valence-corrected chi connectivity index (χ1v) is 6.28. The van der Waals surface area contributed by atoms with Gasteiger partial charge in [-0.1, -0.05) is 19.1 Å². The number of thioether (sulfide) groups is 1. The first-order chi connectivity index (χ1) is 8.02. The van der Waals surface area contributed by atoms with E-state index < -0.39 is 11.4 Å². The molecule has 0 heterocycles. The molecule has 0 fully saturated rings. The predicted molar refractivity (Wildman–Crippen MR) is 65.3 cm³/mol. The Morgan fingerprint density at radius 3 is 2.47 bits per heavy atom. The van der Waals surface area contributed by atoms with Gasteiger partial charge in [-0.2, -0.15) is 0 Å². The molecule has 0 bridgehead atoms. The van der Waals surface area contributed by atoms with Crippen LogP contribution in [0.15, 0.2) is 24.3 Å². The summed E-state index contributed by atoms with van der Waals surface area (Å²) in [6.07, 6.45) is 0.675. The third-order valence-corrected chi connectivity index (χ3v) is 3.75. The van der Waals surface area contributed by atoms with E-state index in [0.717, 1.165) is 0 Å². The van der Waals surface area contributed by atoms with E-state index in [-0.39, 0.29) is 17.5 Å². The summed E-state index contributed by atoms with van der Waals surface area (Å²) in [6.45, 7) is 1.87. The number of aliphatic hydroxyl groups is 1. The minimum Gasteiger partial charge on any atom is -0.481 e. The lowest BCUT2D eigenvalue weighted by Gasteiger charge is -2.17. The molecule has 0 aromatic heterocycles. The predicted octanol–water partition coefficient (Wildman–Crippen LogP) is 2.80. The van der Waals surface area contributed by atoms with E-state index in [2.05, 4.69) is 0 Å². The van der Waals surface area contributed by atoms with Crippen LogP contribution in [0.25, 0.3) is 0 Å². The Labute approximate surface area is 104 Å². The molecule has 1 rings (SSSR count). The van der Waals surface area contributed by atoms with E-state index in [1.807, 2.05) is 6.92 Å². The molecule has 17 heavy (non-hydrogen) atoms. The smallest absolute Gasteiger partial charge is 0.304 e. The number of aliphatic hydroxyl groups excluding tert-OH is 1. The van der Waals surface area contributed by atoms with Crippen LogP contribution in [0.2, 0.25) is 0 Å². The van der Waals surface area contributed by atoms with Gasteiger partial charge in [0.1, 0.15) is 11.3 Å². The maximum atomic E-state index is 12.7. The summed E-state index contributed by atoms with van der Waals surface area (Å²) >= 11 is 1.18. The fourth-order valence-corrected chi connectivity index (χ4v) is 2.48. The van der Waals surface area contributed by atoms with Crippen molar-refractivity contribution in [1.29, 1.82) is 0 Å². The maximum Gasteiger partial charge on any atom is 0.304 e. The molecule has 5 heteroatoms. The molecule has 0 amide bonds. The van der Waals surface area contributed by atoms with Gasteiger partial charge in [-0.15, -0.1) is 11.8 Å². The zero-order chi connectivity index (χ0) is 12.8. The van der Waals surface area contributed by atoms with Crippen molar-refractivity contribution in [3.05, 3.63) is 35.6 Å². The monoisotopic (exact) mass is 258 g/mol. The van der Waals surface area contributed by atoms with Crippen LogP contribution in [0, 0.1) is 5.82 Å². The number of carboxylic acid groups (broad SMARTS) is 1. The second-order valence-corrected chi connectivity index (χ2v) is 5.05. The second-order valence-electron chi connectivity index (χ2n) is 3.67. The molecular weight excluding hydrogens is 243 g/mol. The Kier molecular flexibility index (Phi) is 5.44. The Bertz CT molecular complexity index is 367. The lowest BCUT2D eigenvalue weighted by molar-refractivity contribution is -0.136. The highest BCUT2D eigenvalue weighted by atomic mass is 32.2. The summed E-state index contributed by atoms with van der Waals surface area (Å²) in [6, 6.07) is 5.55. The molecule has 1 aromatic rings. The van der Waals surface area contributed by atoms with Gasteiger partial charge >= 0.3 is 5.97 Å². The molecule has 2 atom stereocenters. The largest absolute Gasteiger partial charge is 0.481 e. The van der Waals surface area contributed by atoms with Crippen molar-refractivity contribution in [2.24, 2.45) is 0 Å². The van der Waals surface area contributed by atoms with Crippen molar-refractivity contribution < 1.29 is 19.4 Å². The summed E-state index contributed by atoms with van der Waals surface area (Å²) in [5.41, 5.74) is -0.236. The summed E-state index contributed by atoms with van der Waals surface area (Å²) in [7, 11) is 0. The van der Waals surface area contributed by atoms with E-state index >= 15 is 0 Å². The van der Waals surface area contributed by atoms with Gasteiger partial charge in [0, 0.05) is 5.25 Å². The van der Waals surface area contributed by atoms with Crippen LogP contribution in [0.3, 0.4) is 0 Å². The highest BCUT2D eigenvalue weighted by molar-refractivity contribution is 8.00. The Balaban J connectivity index is 2.60. The van der Waals surface area contributed by atoms with Crippen LogP contribution in [0.1, 0.15) is 30.8 Å². The molecule has 2 unspecified atom stereocenters. The number of benzene rings is 1. The number of hydrogen-bond acceptors (Lipinski definition) is 3. The first kappa shape index (κ1) is 14.0. The SMILES string of the molecule is CCC(CC(=O)O)SC(O)c1ccc(F)cc1. The molecule has 2 N–H and O–H groups in total. The molecular formula is C12H15FO3S. The van der Waals surface area contributed by atoms with E-state index in [1.165, 1.54) is 36.0 Å². The molecule has 0 radical (unpaired) electrons. The van der Waals surface area contributed by atoms with Crippen molar-refractivity contribution in [2.45, 2.75) is 30.5 Å². The fraction of sp³-hybridized carbons (Fsp3) is 0.417. The van der Waals surface area contributed by atoms with Gasteiger partial charge < -0.3 is 10.2 Å². The topological polar surface area (TPSA) is 57.5 Å². The highest BCUT2D eigenvalue weighted by Gasteiger charge is 2.17. The van der Waals surface area contributed by atoms with Crippen LogP contribution < -0.4 is 0 Å². The normalized spacial score (nSPS) is 14.3. The average Bonchev–Trinajstić information content (AvgIpc) is 2.28. The number of hydrogen-bond donors (Lipinski definition) is 2. The van der Waals surface area contributed by atoms with Gasteiger partial charge in [0.05, 0.1) is 6.42 Å². The van der Waals surface area contributed by atoms with Crippen LogP contribution in [-0.2, 0) is 4.79 Å². The number of halogens is 1. The molecule has 0 aliphatic carbocycles. The van der Waals surface area contributed by atoms with Crippen molar-refractivity contribution in [3.63, 3.8) is 0 Å². The summed E-state index contributed by atoms with van der Waals surface area (Å²) in [5, 5.41) is 18.4. The first-order valence-electron chi connectivity index (χ1n) is 5.33. The van der Waals surface area contributed by atoms with Gasteiger partial charge in [0.25, 0.3) is 0 Å². The van der Waals surface area contributed by atoms with Crippen molar-refractivity contribution in [2.75, 3.05) is 0 Å². The van der Waals surface area contributed by atoms with E-state index in [9.17, 15) is 14.3 Å². The Morgan fingerprint density at radius 2 is 2.00 bits per heavy atom. The summed E-state index contributed by atoms with van der Waals surface area (Å²) in [4.78, 5) is 10.6. The van der Waals surface area contributed by atoms with Crippen LogP contribution in [0.5, 0.6) is 0 Å². The van der Waals surface area contributed by atoms with E-state index in [4.69, 9.17) is 5.11 Å². The van der Waals surface area contributed by atoms with Crippen molar-refractivity contribution in [1.82, 2.24) is 0 Å². The molecule has 0 spiro atoms. The van der Waals surface area contributed by atoms with Gasteiger partial charge in [-0.05, 0) is 24.1 Å². The Hall–Kier alpha value is -1.07. The zero-order valence-electron chi connectivity index (χ0n) is 9.47. The van der Waals surface area contributed by atoms with E-state index in [0.29, 0.717) is 12.0 Å². The minimum atomic E-state index is -0.879. The van der Waals surface area contributed by atoms with Gasteiger partial charge in [0.15, 0.2) is 0 Å². The quantitative estimate of drug-likeness (QED) is 0.770. The third kappa shape index (κ3) is 4.75. The van der Waals surface area contributed by atoms with Gasteiger partial charge in [-0.25, -0.2) is 4.39 Å². The van der Waals surface area contributed by atoms with Crippen molar-refractivity contribution in [3.8, 4) is 0 Å². The maximum absolute atomic E-state index is 12.7. The molecule has 0 saturated heterocycles. The average molecular weight is 258 g/mol. The van der Waals surface area contributed by atoms with Crippen molar-refractivity contribution >= 4 is 17.7 Å². The lowest BCUT2D eigenvalue weighted by Crippen LogP contribution is -2.11. The third-order valence-electron chi connectivity index (χ3n) is 2.33. The fourth-order valence-electron chi connectivity index (χ4n) is 1.37. The molecule has 94 valence electrons. The number of aliphatic carboxylic acids is 1.